The van der Waals surface area contributed by atoms with Crippen molar-refractivity contribution in [1.29, 1.82) is 0 Å². The Morgan fingerprint density at radius 1 is 1.38 bits per heavy atom. The van der Waals surface area contributed by atoms with Crippen LogP contribution in [0.1, 0.15) is 31.7 Å². The van der Waals surface area contributed by atoms with E-state index in [1.165, 1.54) is 0 Å². The molecule has 0 bridgehead atoms. The van der Waals surface area contributed by atoms with Crippen LogP contribution in [0.4, 0.5) is 0 Å². The van der Waals surface area contributed by atoms with E-state index >= 15 is 0 Å². The molecule has 0 saturated heterocycles. The summed E-state index contributed by atoms with van der Waals surface area (Å²) in [6.45, 7) is 2.44. The summed E-state index contributed by atoms with van der Waals surface area (Å²) >= 11 is 0. The monoisotopic (exact) mass is 220 g/mol. The van der Waals surface area contributed by atoms with E-state index in [9.17, 15) is 5.11 Å². The first kappa shape index (κ1) is 9.97. The summed E-state index contributed by atoms with van der Waals surface area (Å²) in [6.07, 6.45) is 3.09. The standard InChI is InChI=1S/C13H16O3/c1-2-3-10-7-13(10,14)9-4-5-11-12(6-9)16-8-15-11/h4-6,10,14H,2-3,7-8H2,1H3. The topological polar surface area (TPSA) is 38.7 Å². The maximum absolute atomic E-state index is 10.4. The highest BCUT2D eigenvalue weighted by atomic mass is 16.7. The molecule has 0 radical (unpaired) electrons. The maximum atomic E-state index is 10.4. The van der Waals surface area contributed by atoms with Crippen LogP contribution in [0.15, 0.2) is 18.2 Å². The highest BCUT2D eigenvalue weighted by Gasteiger charge is 2.53. The summed E-state index contributed by atoms with van der Waals surface area (Å²) in [5.74, 6) is 1.95. The lowest BCUT2D eigenvalue weighted by Gasteiger charge is -2.11. The van der Waals surface area contributed by atoms with Crippen LogP contribution >= 0.6 is 0 Å². The fraction of sp³-hybridized carbons (Fsp3) is 0.538. The van der Waals surface area contributed by atoms with Gasteiger partial charge in [0.2, 0.25) is 6.79 Å². The minimum Gasteiger partial charge on any atom is -0.454 e. The van der Waals surface area contributed by atoms with Crippen molar-refractivity contribution in [2.24, 2.45) is 5.92 Å². The maximum Gasteiger partial charge on any atom is 0.231 e. The first-order chi connectivity index (χ1) is 7.74. The van der Waals surface area contributed by atoms with Crippen LogP contribution in [0.25, 0.3) is 0 Å². The minimum absolute atomic E-state index is 0.287. The van der Waals surface area contributed by atoms with Gasteiger partial charge in [0.15, 0.2) is 11.5 Å². The Labute approximate surface area is 95.0 Å². The Morgan fingerprint density at radius 2 is 2.19 bits per heavy atom. The van der Waals surface area contributed by atoms with E-state index in [-0.39, 0.29) is 6.79 Å². The first-order valence-electron chi connectivity index (χ1n) is 5.86. The number of ether oxygens (including phenoxy) is 2. The molecule has 0 spiro atoms. The van der Waals surface area contributed by atoms with Gasteiger partial charge in [0.1, 0.15) is 0 Å². The van der Waals surface area contributed by atoms with Gasteiger partial charge >= 0.3 is 0 Å². The Bertz CT molecular complexity index is 416. The fourth-order valence-electron chi connectivity index (χ4n) is 2.53. The third-order valence-corrected chi connectivity index (χ3v) is 3.58. The summed E-state index contributed by atoms with van der Waals surface area (Å²) in [7, 11) is 0. The zero-order valence-corrected chi connectivity index (χ0v) is 9.40. The molecule has 86 valence electrons. The second kappa shape index (κ2) is 3.39. The van der Waals surface area contributed by atoms with Crippen LogP contribution in [0.3, 0.4) is 0 Å². The van der Waals surface area contributed by atoms with E-state index in [0.29, 0.717) is 5.92 Å². The smallest absolute Gasteiger partial charge is 0.231 e. The molecule has 2 atom stereocenters. The van der Waals surface area contributed by atoms with Crippen molar-refractivity contribution >= 4 is 0 Å². The summed E-state index contributed by atoms with van der Waals surface area (Å²) in [4.78, 5) is 0. The molecule has 1 aliphatic heterocycles. The van der Waals surface area contributed by atoms with Gasteiger partial charge in [-0.2, -0.15) is 0 Å². The van der Waals surface area contributed by atoms with Crippen LogP contribution < -0.4 is 9.47 Å². The predicted molar refractivity (Wildman–Crippen MR) is 59.5 cm³/mol. The van der Waals surface area contributed by atoms with E-state index in [4.69, 9.17) is 9.47 Å². The van der Waals surface area contributed by atoms with Gasteiger partial charge in [-0.25, -0.2) is 0 Å². The van der Waals surface area contributed by atoms with Crippen LogP contribution in [-0.4, -0.2) is 11.9 Å². The summed E-state index contributed by atoms with van der Waals surface area (Å²) in [6, 6.07) is 5.75. The number of hydrogen-bond donors (Lipinski definition) is 1. The molecule has 1 aromatic carbocycles. The molecule has 3 heteroatoms. The molecule has 1 N–H and O–H groups in total. The van der Waals surface area contributed by atoms with Crippen molar-refractivity contribution in [2.45, 2.75) is 31.8 Å². The normalized spacial score (nSPS) is 30.5. The van der Waals surface area contributed by atoms with Crippen molar-refractivity contribution < 1.29 is 14.6 Å². The van der Waals surface area contributed by atoms with Crippen molar-refractivity contribution in [3.05, 3.63) is 23.8 Å². The molecular formula is C13H16O3. The van der Waals surface area contributed by atoms with E-state index in [1.54, 1.807) is 0 Å². The summed E-state index contributed by atoms with van der Waals surface area (Å²) < 4.78 is 10.6. The van der Waals surface area contributed by atoms with Gasteiger partial charge in [-0.05, 0) is 36.5 Å². The lowest BCUT2D eigenvalue weighted by atomic mass is 10.0. The highest BCUT2D eigenvalue weighted by molar-refractivity contribution is 5.47. The van der Waals surface area contributed by atoms with Crippen LogP contribution in [0.5, 0.6) is 11.5 Å². The SMILES string of the molecule is CCCC1CC1(O)c1ccc2c(c1)OCO2. The molecule has 16 heavy (non-hydrogen) atoms. The molecule has 1 heterocycles. The Balaban J connectivity index is 1.86. The van der Waals surface area contributed by atoms with Crippen LogP contribution in [-0.2, 0) is 5.60 Å². The first-order valence-corrected chi connectivity index (χ1v) is 5.86. The van der Waals surface area contributed by atoms with Gasteiger partial charge in [-0.1, -0.05) is 19.4 Å². The third-order valence-electron chi connectivity index (χ3n) is 3.58. The molecular weight excluding hydrogens is 204 g/mol. The van der Waals surface area contributed by atoms with Gasteiger partial charge in [-0.3, -0.25) is 0 Å². The fourth-order valence-corrected chi connectivity index (χ4v) is 2.53. The lowest BCUT2D eigenvalue weighted by Crippen LogP contribution is -2.08. The molecule has 1 fully saturated rings. The molecule has 1 saturated carbocycles. The average Bonchev–Trinajstić information content (AvgIpc) is 2.77. The third kappa shape index (κ3) is 1.39. The van der Waals surface area contributed by atoms with Crippen molar-refractivity contribution in [2.75, 3.05) is 6.79 Å². The molecule has 0 amide bonds. The number of benzene rings is 1. The summed E-state index contributed by atoms with van der Waals surface area (Å²) in [5, 5.41) is 10.4. The highest BCUT2D eigenvalue weighted by Crippen LogP contribution is 2.55. The number of hydrogen-bond acceptors (Lipinski definition) is 3. The second-order valence-corrected chi connectivity index (χ2v) is 4.68. The Morgan fingerprint density at radius 3 is 3.00 bits per heavy atom. The minimum atomic E-state index is -0.614. The van der Waals surface area contributed by atoms with E-state index in [2.05, 4.69) is 6.92 Å². The molecule has 2 aliphatic rings. The predicted octanol–water partition coefficient (Wildman–Crippen LogP) is 2.42. The molecule has 3 rings (SSSR count). The Kier molecular flexibility index (Phi) is 2.11. The van der Waals surface area contributed by atoms with Gasteiger partial charge in [-0.15, -0.1) is 0 Å². The average molecular weight is 220 g/mol. The van der Waals surface area contributed by atoms with Crippen molar-refractivity contribution in [3.63, 3.8) is 0 Å². The second-order valence-electron chi connectivity index (χ2n) is 4.68. The molecule has 3 nitrogen and oxygen atoms in total. The van der Waals surface area contributed by atoms with Gasteiger partial charge in [0.05, 0.1) is 5.60 Å². The number of rotatable bonds is 3. The van der Waals surface area contributed by atoms with Gasteiger partial charge in [0, 0.05) is 0 Å². The van der Waals surface area contributed by atoms with Crippen LogP contribution in [0, 0.1) is 5.92 Å². The van der Waals surface area contributed by atoms with E-state index in [0.717, 1.165) is 36.3 Å². The zero-order chi connectivity index (χ0) is 11.2. The zero-order valence-electron chi connectivity index (χ0n) is 9.40. The molecule has 1 aromatic rings. The summed E-state index contributed by atoms with van der Waals surface area (Å²) in [5.41, 5.74) is 0.354. The molecule has 2 unspecified atom stereocenters. The largest absolute Gasteiger partial charge is 0.454 e. The quantitative estimate of drug-likeness (QED) is 0.850. The van der Waals surface area contributed by atoms with Crippen LogP contribution in [0.2, 0.25) is 0 Å². The van der Waals surface area contributed by atoms with Gasteiger partial charge in [0.25, 0.3) is 0 Å². The molecule has 0 aromatic heterocycles. The number of aliphatic hydroxyl groups is 1. The Hall–Kier alpha value is -1.22. The molecule has 1 aliphatic carbocycles. The van der Waals surface area contributed by atoms with E-state index < -0.39 is 5.60 Å². The van der Waals surface area contributed by atoms with Gasteiger partial charge < -0.3 is 14.6 Å². The van der Waals surface area contributed by atoms with Crippen molar-refractivity contribution in [1.82, 2.24) is 0 Å². The van der Waals surface area contributed by atoms with E-state index in [1.807, 2.05) is 18.2 Å². The lowest BCUT2D eigenvalue weighted by molar-refractivity contribution is 0.128. The number of fused-ring (bicyclic) bond motifs is 1. The van der Waals surface area contributed by atoms with Crippen molar-refractivity contribution in [3.8, 4) is 11.5 Å².